The Labute approximate surface area is 353 Å². The van der Waals surface area contributed by atoms with Crippen molar-refractivity contribution >= 4 is 12.2 Å². The highest BCUT2D eigenvalue weighted by Gasteiger charge is 2.51. The number of nitrogens with one attached hydrogen (secondary N) is 1. The van der Waals surface area contributed by atoms with Crippen LogP contribution in [0.3, 0.4) is 0 Å². The van der Waals surface area contributed by atoms with Gasteiger partial charge in [0.15, 0.2) is 6.29 Å². The molecule has 4 aromatic carbocycles. The third-order valence-corrected chi connectivity index (χ3v) is 10.7. The molecule has 2 fully saturated rings. The third-order valence-electron chi connectivity index (χ3n) is 10.7. The first-order valence-electron chi connectivity index (χ1n) is 20.0. The van der Waals surface area contributed by atoms with Crippen LogP contribution in [0.25, 0.3) is 0 Å². The number of ether oxygens (including phenoxy) is 6. The van der Waals surface area contributed by atoms with Crippen molar-refractivity contribution in [1.82, 2.24) is 5.32 Å². The molecule has 0 aromatic heterocycles. The van der Waals surface area contributed by atoms with Gasteiger partial charge in [-0.1, -0.05) is 91.9 Å². The summed E-state index contributed by atoms with van der Waals surface area (Å²) in [5, 5.41) is 67.1. The molecule has 13 atom stereocenters. The van der Waals surface area contributed by atoms with Gasteiger partial charge in [0.25, 0.3) is 0 Å². The average molecular weight is 846 g/mol. The van der Waals surface area contributed by atoms with Crippen molar-refractivity contribution in [3.63, 3.8) is 0 Å². The Hall–Kier alpha value is -4.82. The minimum atomic E-state index is -1.79. The van der Waals surface area contributed by atoms with Gasteiger partial charge < -0.3 is 70.1 Å². The van der Waals surface area contributed by atoms with Crippen LogP contribution < -0.4 is 20.5 Å². The number of aliphatic hydroxyl groups excluding tert-OH is 6. The fourth-order valence-corrected chi connectivity index (χ4v) is 7.01. The van der Waals surface area contributed by atoms with Crippen LogP contribution in [0.4, 0.5) is 0 Å². The van der Waals surface area contributed by atoms with Crippen LogP contribution in [0, 0.1) is 0 Å². The topological polar surface area (TPSA) is 249 Å². The summed E-state index contributed by atoms with van der Waals surface area (Å²) in [6, 6.07) is 30.7. The minimum Gasteiger partial charge on any atom is -0.489 e. The fraction of sp³-hybridized carbons (Fsp3) is 0.422. The van der Waals surface area contributed by atoms with Crippen LogP contribution in [-0.2, 0) is 48.2 Å². The van der Waals surface area contributed by atoms with Gasteiger partial charge in [0.2, 0.25) is 18.5 Å². The highest BCUT2D eigenvalue weighted by atomic mass is 16.7. The van der Waals surface area contributed by atoms with E-state index in [0.29, 0.717) is 17.9 Å². The van der Waals surface area contributed by atoms with Crippen LogP contribution in [0.1, 0.15) is 35.1 Å². The number of rotatable bonds is 19. The number of hydrogen-bond acceptors (Lipinski definition) is 15. The first-order chi connectivity index (χ1) is 29.4. The van der Waals surface area contributed by atoms with Crippen molar-refractivity contribution in [1.29, 1.82) is 0 Å². The van der Waals surface area contributed by atoms with Gasteiger partial charge in [0, 0.05) is 12.3 Å². The molecule has 61 heavy (non-hydrogen) atoms. The average Bonchev–Trinajstić information content (AvgIpc) is 3.29. The van der Waals surface area contributed by atoms with E-state index >= 15 is 0 Å². The molecule has 2 saturated heterocycles. The maximum atomic E-state index is 12.9. The Morgan fingerprint density at radius 2 is 1.31 bits per heavy atom. The number of carbonyl (C=O) groups excluding carboxylic acids is 2. The van der Waals surface area contributed by atoms with Crippen LogP contribution in [0.5, 0.6) is 11.5 Å². The van der Waals surface area contributed by atoms with E-state index in [1.54, 1.807) is 24.3 Å². The summed E-state index contributed by atoms with van der Waals surface area (Å²) >= 11 is 0. The molecular formula is C45H53N2O14. The predicted octanol–water partition coefficient (Wildman–Crippen LogP) is 0.761. The minimum absolute atomic E-state index is 0.0994. The lowest BCUT2D eigenvalue weighted by atomic mass is 9.93. The van der Waals surface area contributed by atoms with E-state index in [0.717, 1.165) is 16.7 Å². The second-order valence-electron chi connectivity index (χ2n) is 15.1. The fourth-order valence-electron chi connectivity index (χ4n) is 7.01. The van der Waals surface area contributed by atoms with Gasteiger partial charge in [-0.3, -0.25) is 9.59 Å². The monoisotopic (exact) mass is 845 g/mol. The standard InChI is InChI=1S/C45H53N2O14/c1-26(30-10-6-3-7-11-30)36(46)43(55)47-31(21-48)20-27-12-18-33(19-13-27)58-44-41(54)39(52)42(34(22-49)59-44)61-45-40(53)38(51)37(50)35(60-45)25-56-23-29-14-16-32(17-15-29)57-24-28-8-4-2-5-9-28/h2-19,26,31,34-42,44-45,49-54H,20,22-25,46H2,1H3,(H,47,55)/t26?,31-,34?,35?,36-,37?,38?,39?,40?,41?,42?,44?,45?/m0/s1. The van der Waals surface area contributed by atoms with Gasteiger partial charge >= 0.3 is 0 Å². The van der Waals surface area contributed by atoms with Gasteiger partial charge in [-0.2, -0.15) is 0 Å². The Bertz CT molecular complexity index is 1940. The summed E-state index contributed by atoms with van der Waals surface area (Å²) in [6.07, 6.45) is -13.7. The zero-order valence-electron chi connectivity index (χ0n) is 33.5. The van der Waals surface area contributed by atoms with E-state index in [9.17, 15) is 40.2 Å². The van der Waals surface area contributed by atoms with Gasteiger partial charge in [-0.25, -0.2) is 0 Å². The van der Waals surface area contributed by atoms with E-state index in [4.69, 9.17) is 34.2 Å². The Balaban J connectivity index is 0.983. The van der Waals surface area contributed by atoms with E-state index < -0.39 is 86.0 Å². The van der Waals surface area contributed by atoms with Gasteiger partial charge in [-0.15, -0.1) is 0 Å². The predicted molar refractivity (Wildman–Crippen MR) is 217 cm³/mol. The number of hydrogen-bond donors (Lipinski definition) is 8. The second-order valence-corrected chi connectivity index (χ2v) is 15.1. The molecule has 327 valence electrons. The van der Waals surface area contributed by atoms with E-state index in [-0.39, 0.29) is 31.3 Å². The molecule has 11 unspecified atom stereocenters. The smallest absolute Gasteiger partial charge is 0.238 e. The van der Waals surface area contributed by atoms with Crippen molar-refractivity contribution in [2.24, 2.45) is 5.73 Å². The summed E-state index contributed by atoms with van der Waals surface area (Å²) in [5.41, 5.74) is 9.54. The lowest BCUT2D eigenvalue weighted by Crippen LogP contribution is -2.65. The summed E-state index contributed by atoms with van der Waals surface area (Å²) < 4.78 is 34.8. The van der Waals surface area contributed by atoms with E-state index in [1.807, 2.05) is 86.0 Å². The van der Waals surface area contributed by atoms with Crippen molar-refractivity contribution in [3.05, 3.63) is 131 Å². The molecular weight excluding hydrogens is 792 g/mol. The Morgan fingerprint density at radius 3 is 1.97 bits per heavy atom. The van der Waals surface area contributed by atoms with Gasteiger partial charge in [0.05, 0.1) is 31.9 Å². The van der Waals surface area contributed by atoms with Crippen LogP contribution in [-0.4, -0.2) is 130 Å². The highest BCUT2D eigenvalue weighted by molar-refractivity contribution is 5.85. The lowest BCUT2D eigenvalue weighted by molar-refractivity contribution is -0.353. The molecule has 0 aliphatic carbocycles. The number of nitrogens with two attached hydrogens (primary N) is 1. The summed E-state index contributed by atoms with van der Waals surface area (Å²) in [6.45, 7) is 1.43. The summed E-state index contributed by atoms with van der Waals surface area (Å²) in [7, 11) is 0. The molecule has 2 heterocycles. The SMILES string of the molecule is CC(c1ccccc1)[C@H](N)C(=O)N[C@H]([C]=O)Cc1ccc(OC2OC(CO)C(OC3OC(COCc4ccc(OCc5ccccc5)cc4)C(O)C(O)C3O)C(O)C2O)cc1. The molecule has 1 radical (unpaired) electrons. The summed E-state index contributed by atoms with van der Waals surface area (Å²) in [5.74, 6) is 0.0681. The molecule has 16 heteroatoms. The molecule has 0 saturated carbocycles. The molecule has 0 spiro atoms. The lowest BCUT2D eigenvalue weighted by Gasteiger charge is -2.46. The molecule has 2 aliphatic heterocycles. The second kappa shape index (κ2) is 21.8. The van der Waals surface area contributed by atoms with Crippen LogP contribution in [0.15, 0.2) is 109 Å². The van der Waals surface area contributed by atoms with E-state index in [2.05, 4.69) is 5.32 Å². The van der Waals surface area contributed by atoms with Gasteiger partial charge in [0.1, 0.15) is 66.9 Å². The quantitative estimate of drug-likeness (QED) is 0.0649. The Morgan fingerprint density at radius 1 is 0.721 bits per heavy atom. The third kappa shape index (κ3) is 12.0. The molecule has 4 aromatic rings. The number of benzene rings is 4. The largest absolute Gasteiger partial charge is 0.489 e. The van der Waals surface area contributed by atoms with Crippen LogP contribution >= 0.6 is 0 Å². The molecule has 0 bridgehead atoms. The van der Waals surface area contributed by atoms with Crippen molar-refractivity contribution in [2.75, 3.05) is 13.2 Å². The zero-order valence-corrected chi connectivity index (χ0v) is 33.5. The van der Waals surface area contributed by atoms with Crippen molar-refractivity contribution in [3.8, 4) is 11.5 Å². The number of aliphatic hydroxyl groups is 6. The highest BCUT2D eigenvalue weighted by Crippen LogP contribution is 2.31. The van der Waals surface area contributed by atoms with Crippen molar-refractivity contribution < 1.29 is 68.6 Å². The van der Waals surface area contributed by atoms with Gasteiger partial charge in [-0.05, 0) is 46.5 Å². The molecule has 1 amide bonds. The molecule has 2 aliphatic rings. The van der Waals surface area contributed by atoms with Crippen LogP contribution in [0.2, 0.25) is 0 Å². The zero-order chi connectivity index (χ0) is 43.5. The first-order valence-corrected chi connectivity index (χ1v) is 20.0. The number of carbonyl (C=O) groups is 1. The summed E-state index contributed by atoms with van der Waals surface area (Å²) in [4.78, 5) is 24.6. The maximum absolute atomic E-state index is 12.9. The molecule has 9 N–H and O–H groups in total. The maximum Gasteiger partial charge on any atom is 0.238 e. The molecule has 16 nitrogen and oxygen atoms in total. The Kier molecular flexibility index (Phi) is 16.3. The number of amides is 1. The first kappa shape index (κ1) is 45.7. The van der Waals surface area contributed by atoms with Crippen molar-refractivity contribution in [2.45, 2.75) is 106 Å². The molecule has 6 rings (SSSR count). The normalized spacial score (nSPS) is 27.9. The van der Waals surface area contributed by atoms with E-state index in [1.165, 1.54) is 12.1 Å².